The van der Waals surface area contributed by atoms with Crippen LogP contribution in [0, 0.1) is 0 Å². The van der Waals surface area contributed by atoms with Gasteiger partial charge in [-0.1, -0.05) is 6.92 Å². The highest BCUT2D eigenvalue weighted by Crippen LogP contribution is 2.16. The zero-order valence-electron chi connectivity index (χ0n) is 11.5. The molecule has 106 valence electrons. The van der Waals surface area contributed by atoms with Gasteiger partial charge in [0, 0.05) is 6.08 Å². The molecule has 0 spiro atoms. The van der Waals surface area contributed by atoms with Gasteiger partial charge in [0.2, 0.25) is 5.96 Å². The van der Waals surface area contributed by atoms with E-state index in [2.05, 4.69) is 20.5 Å². The molecule has 0 amide bonds. The molecule has 0 unspecified atom stereocenters. The molecule has 0 bridgehead atoms. The molecule has 0 fully saturated rings. The molecular weight excluding hydrogens is 268 g/mol. The first kappa shape index (κ1) is 13.1. The Labute approximate surface area is 121 Å². The van der Waals surface area contributed by atoms with E-state index in [1.807, 2.05) is 31.2 Å². The predicted molar refractivity (Wildman–Crippen MR) is 81.3 cm³/mol. The largest absolute Gasteiger partial charge is 0.465 e. The molecule has 1 aliphatic rings. The van der Waals surface area contributed by atoms with E-state index >= 15 is 0 Å². The van der Waals surface area contributed by atoms with Crippen LogP contribution >= 0.6 is 0 Å². The van der Waals surface area contributed by atoms with Gasteiger partial charge in [-0.05, 0) is 30.7 Å². The molecule has 3 rings (SSSR count). The lowest BCUT2D eigenvalue weighted by Crippen LogP contribution is -2.13. The summed E-state index contributed by atoms with van der Waals surface area (Å²) in [4.78, 5) is 8.78. The third-order valence-electron chi connectivity index (χ3n) is 2.82. The lowest BCUT2D eigenvalue weighted by Gasteiger charge is -1.94. The molecule has 3 heterocycles. The van der Waals surface area contributed by atoms with E-state index in [1.54, 1.807) is 24.8 Å². The Hall–Kier alpha value is -2.89. The van der Waals surface area contributed by atoms with Crippen molar-refractivity contribution in [3.8, 4) is 0 Å². The molecule has 0 saturated carbocycles. The van der Waals surface area contributed by atoms with Crippen LogP contribution in [-0.4, -0.2) is 17.9 Å². The van der Waals surface area contributed by atoms with E-state index in [0.717, 1.165) is 23.6 Å². The van der Waals surface area contributed by atoms with Crippen LogP contribution < -0.4 is 5.43 Å². The molecule has 1 aliphatic heterocycles. The first-order valence-corrected chi connectivity index (χ1v) is 6.59. The Morgan fingerprint density at radius 3 is 2.57 bits per heavy atom. The summed E-state index contributed by atoms with van der Waals surface area (Å²) in [5.74, 6) is 1.86. The van der Waals surface area contributed by atoms with Crippen molar-refractivity contribution in [2.45, 2.75) is 13.3 Å². The monoisotopic (exact) mass is 282 g/mol. The number of nitrogens with one attached hydrogen (secondary N) is 1. The van der Waals surface area contributed by atoms with E-state index in [9.17, 15) is 0 Å². The van der Waals surface area contributed by atoms with Crippen LogP contribution in [0.15, 0.2) is 66.4 Å². The maximum Gasteiger partial charge on any atom is 0.244 e. The molecule has 6 heteroatoms. The van der Waals surface area contributed by atoms with Crippen molar-refractivity contribution in [1.29, 1.82) is 0 Å². The number of aliphatic imine (C=N–C) groups is 2. The highest BCUT2D eigenvalue weighted by molar-refractivity contribution is 6.14. The highest BCUT2D eigenvalue weighted by atomic mass is 16.3. The second kappa shape index (κ2) is 6.04. The molecule has 21 heavy (non-hydrogen) atoms. The number of furan rings is 2. The van der Waals surface area contributed by atoms with E-state index < -0.39 is 0 Å². The van der Waals surface area contributed by atoms with E-state index in [1.165, 1.54) is 0 Å². The maximum atomic E-state index is 5.29. The van der Waals surface area contributed by atoms with Crippen molar-refractivity contribution in [3.05, 3.63) is 54.0 Å². The SMILES string of the molecule is CCC1=NC(N/N=C/c2ccco2)=N/C1=C/c1ccco1. The smallest absolute Gasteiger partial charge is 0.244 e. The molecule has 0 atom stereocenters. The highest BCUT2D eigenvalue weighted by Gasteiger charge is 2.14. The molecule has 6 nitrogen and oxygen atoms in total. The van der Waals surface area contributed by atoms with Gasteiger partial charge < -0.3 is 8.83 Å². The second-order valence-electron chi connectivity index (χ2n) is 4.28. The standard InChI is InChI=1S/C15H14N4O2/c1-2-13-14(9-11-5-3-7-20-11)18-15(17-13)19-16-10-12-6-4-8-21-12/h3-10H,2H2,1H3,(H,18,19)/b14-9+,16-10+. The lowest BCUT2D eigenvalue weighted by atomic mass is 10.2. The lowest BCUT2D eigenvalue weighted by molar-refractivity contribution is 0.556. The summed E-state index contributed by atoms with van der Waals surface area (Å²) >= 11 is 0. The molecule has 0 aliphatic carbocycles. The summed E-state index contributed by atoms with van der Waals surface area (Å²) in [6.45, 7) is 2.03. The van der Waals surface area contributed by atoms with Crippen molar-refractivity contribution < 1.29 is 8.83 Å². The van der Waals surface area contributed by atoms with Crippen molar-refractivity contribution >= 4 is 24.0 Å². The molecule has 2 aromatic rings. The predicted octanol–water partition coefficient (Wildman–Crippen LogP) is 3.06. The van der Waals surface area contributed by atoms with Crippen molar-refractivity contribution in [2.24, 2.45) is 15.1 Å². The Kier molecular flexibility index (Phi) is 3.77. The second-order valence-corrected chi connectivity index (χ2v) is 4.28. The van der Waals surface area contributed by atoms with Crippen LogP contribution in [0.4, 0.5) is 0 Å². The van der Waals surface area contributed by atoms with E-state index in [0.29, 0.717) is 11.7 Å². The Morgan fingerprint density at radius 2 is 1.90 bits per heavy atom. The summed E-state index contributed by atoms with van der Waals surface area (Å²) in [6, 6.07) is 7.31. The summed E-state index contributed by atoms with van der Waals surface area (Å²) < 4.78 is 10.4. The molecule has 1 N–H and O–H groups in total. The van der Waals surface area contributed by atoms with Gasteiger partial charge in [-0.15, -0.1) is 0 Å². The molecular formula is C15H14N4O2. The average molecular weight is 282 g/mol. The Balaban J connectivity index is 1.73. The number of guanidine groups is 1. The zero-order chi connectivity index (χ0) is 14.5. The minimum atomic E-state index is 0.451. The normalized spacial score (nSPS) is 16.5. The molecule has 0 radical (unpaired) electrons. The van der Waals surface area contributed by atoms with Gasteiger partial charge in [0.25, 0.3) is 0 Å². The van der Waals surface area contributed by atoms with Crippen LogP contribution in [0.2, 0.25) is 0 Å². The van der Waals surface area contributed by atoms with Gasteiger partial charge in [-0.2, -0.15) is 5.10 Å². The number of hydrogen-bond acceptors (Lipinski definition) is 6. The first-order valence-electron chi connectivity index (χ1n) is 6.59. The third-order valence-corrected chi connectivity index (χ3v) is 2.82. The summed E-state index contributed by atoms with van der Waals surface area (Å²) in [7, 11) is 0. The van der Waals surface area contributed by atoms with Gasteiger partial charge in [0.15, 0.2) is 0 Å². The number of hydrazone groups is 1. The number of hydrogen-bond donors (Lipinski definition) is 1. The molecule has 0 aromatic carbocycles. The van der Waals surface area contributed by atoms with Crippen molar-refractivity contribution in [3.63, 3.8) is 0 Å². The van der Waals surface area contributed by atoms with Gasteiger partial charge >= 0.3 is 0 Å². The fourth-order valence-corrected chi connectivity index (χ4v) is 1.84. The van der Waals surface area contributed by atoms with Gasteiger partial charge in [-0.25, -0.2) is 15.4 Å². The van der Waals surface area contributed by atoms with Gasteiger partial charge in [0.05, 0.1) is 30.1 Å². The van der Waals surface area contributed by atoms with Crippen molar-refractivity contribution in [1.82, 2.24) is 5.43 Å². The maximum absolute atomic E-state index is 5.29. The molecule has 0 saturated heterocycles. The van der Waals surface area contributed by atoms with Crippen LogP contribution in [-0.2, 0) is 0 Å². The van der Waals surface area contributed by atoms with E-state index in [4.69, 9.17) is 8.83 Å². The van der Waals surface area contributed by atoms with Crippen molar-refractivity contribution in [2.75, 3.05) is 0 Å². The summed E-state index contributed by atoms with van der Waals surface area (Å²) in [5, 5.41) is 4.04. The minimum absolute atomic E-state index is 0.451. The Bertz CT molecular complexity index is 707. The number of rotatable bonds is 4. The molecule has 2 aromatic heterocycles. The number of nitrogens with zero attached hydrogens (tertiary/aromatic N) is 3. The van der Waals surface area contributed by atoms with Gasteiger partial charge in [0.1, 0.15) is 11.5 Å². The summed E-state index contributed by atoms with van der Waals surface area (Å²) in [6.07, 6.45) is 7.42. The fraction of sp³-hybridized carbons (Fsp3) is 0.133. The third kappa shape index (κ3) is 3.17. The summed E-state index contributed by atoms with van der Waals surface area (Å²) in [5.41, 5.74) is 4.47. The van der Waals surface area contributed by atoms with Crippen LogP contribution in [0.1, 0.15) is 24.9 Å². The number of allylic oxidation sites excluding steroid dienone is 1. The zero-order valence-corrected chi connectivity index (χ0v) is 11.5. The minimum Gasteiger partial charge on any atom is -0.465 e. The topological polar surface area (TPSA) is 75.4 Å². The van der Waals surface area contributed by atoms with E-state index in [-0.39, 0.29) is 0 Å². The average Bonchev–Trinajstić information content (AvgIpc) is 3.21. The van der Waals surface area contributed by atoms with Crippen LogP contribution in [0.3, 0.4) is 0 Å². The fourth-order valence-electron chi connectivity index (χ4n) is 1.84. The first-order chi connectivity index (χ1) is 10.3. The van der Waals surface area contributed by atoms with Crippen LogP contribution in [0.25, 0.3) is 6.08 Å². The van der Waals surface area contributed by atoms with Gasteiger partial charge in [-0.3, -0.25) is 0 Å². The Morgan fingerprint density at radius 1 is 1.14 bits per heavy atom. The quantitative estimate of drug-likeness (QED) is 0.691. The van der Waals surface area contributed by atoms with Crippen LogP contribution in [0.5, 0.6) is 0 Å².